The normalized spacial score (nSPS) is 13.6. The van der Waals surface area contributed by atoms with E-state index in [1.807, 2.05) is 0 Å². The van der Waals surface area contributed by atoms with Gasteiger partial charge in [0.1, 0.15) is 16.8 Å². The van der Waals surface area contributed by atoms with E-state index in [9.17, 15) is 18.2 Å². The minimum atomic E-state index is -1.80. The molecule has 2 N–H and O–H groups in total. The molecule has 0 fully saturated rings. The van der Waals surface area contributed by atoms with E-state index in [0.29, 0.717) is 0 Å². The van der Waals surface area contributed by atoms with Gasteiger partial charge in [0.25, 0.3) is 0 Å². The third kappa shape index (κ3) is 4.78. The molecule has 0 heterocycles. The summed E-state index contributed by atoms with van der Waals surface area (Å²) in [5.74, 6) is -2.74. The van der Waals surface area contributed by atoms with Gasteiger partial charge < -0.3 is 10.4 Å². The first-order valence-electron chi connectivity index (χ1n) is 5.59. The van der Waals surface area contributed by atoms with Gasteiger partial charge in [0, 0.05) is 16.5 Å². The second-order valence-electron chi connectivity index (χ2n) is 3.82. The molecule has 0 aliphatic carbocycles. The van der Waals surface area contributed by atoms with E-state index < -0.39 is 39.5 Å². The van der Waals surface area contributed by atoms with E-state index in [-0.39, 0.29) is 12.1 Å². The molecule has 1 aromatic carbocycles. The van der Waals surface area contributed by atoms with E-state index in [4.69, 9.17) is 5.11 Å². The Labute approximate surface area is 112 Å². The lowest BCUT2D eigenvalue weighted by Crippen LogP contribution is -2.31. The molecule has 0 aliphatic heterocycles. The maximum absolute atomic E-state index is 12.9. The van der Waals surface area contributed by atoms with Crippen LogP contribution in [-0.4, -0.2) is 32.2 Å². The Bertz CT molecular complexity index is 506. The largest absolute Gasteiger partial charge is 0.480 e. The van der Waals surface area contributed by atoms with Crippen LogP contribution in [0.25, 0.3) is 0 Å². The summed E-state index contributed by atoms with van der Waals surface area (Å²) >= 11 is 0. The fraction of sp³-hybridized carbons (Fsp3) is 0.333. The summed E-state index contributed by atoms with van der Waals surface area (Å²) < 4.78 is 24.6. The van der Waals surface area contributed by atoms with Gasteiger partial charge in [-0.05, 0) is 24.6 Å². The molecule has 0 saturated heterocycles. The van der Waals surface area contributed by atoms with Gasteiger partial charge in [0.2, 0.25) is 5.91 Å². The van der Waals surface area contributed by atoms with Gasteiger partial charge in [0.15, 0.2) is 0 Å². The summed E-state index contributed by atoms with van der Waals surface area (Å²) in [5.41, 5.74) is 0.241. The van der Waals surface area contributed by atoms with Crippen molar-refractivity contribution in [3.8, 4) is 0 Å². The van der Waals surface area contributed by atoms with Gasteiger partial charge in [-0.1, -0.05) is 13.0 Å². The highest BCUT2D eigenvalue weighted by Gasteiger charge is 2.24. The van der Waals surface area contributed by atoms with Crippen LogP contribution >= 0.6 is 0 Å². The van der Waals surface area contributed by atoms with Crippen molar-refractivity contribution in [2.24, 2.45) is 0 Å². The lowest BCUT2D eigenvalue weighted by Gasteiger charge is -2.10. The molecule has 104 valence electrons. The van der Waals surface area contributed by atoms with Crippen molar-refractivity contribution in [2.75, 3.05) is 11.1 Å². The van der Waals surface area contributed by atoms with Crippen LogP contribution in [0, 0.1) is 5.82 Å². The van der Waals surface area contributed by atoms with Crippen LogP contribution in [0.3, 0.4) is 0 Å². The average Bonchev–Trinajstić information content (AvgIpc) is 2.28. The fourth-order valence-electron chi connectivity index (χ4n) is 1.47. The first-order valence-corrected chi connectivity index (χ1v) is 6.97. The summed E-state index contributed by atoms with van der Waals surface area (Å²) in [7, 11) is -1.80. The first kappa shape index (κ1) is 15.3. The van der Waals surface area contributed by atoms with Gasteiger partial charge >= 0.3 is 5.97 Å². The number of benzene rings is 1. The van der Waals surface area contributed by atoms with Gasteiger partial charge in [-0.25, -0.2) is 4.39 Å². The van der Waals surface area contributed by atoms with Gasteiger partial charge in [-0.15, -0.1) is 0 Å². The zero-order chi connectivity index (χ0) is 14.4. The van der Waals surface area contributed by atoms with Crippen LogP contribution in [-0.2, 0) is 20.4 Å². The zero-order valence-corrected chi connectivity index (χ0v) is 11.1. The number of aliphatic carboxylic acids is 1. The number of hydrogen-bond acceptors (Lipinski definition) is 3. The molecule has 7 heteroatoms. The molecule has 0 radical (unpaired) electrons. The van der Waals surface area contributed by atoms with Gasteiger partial charge in [0.05, 0.1) is 0 Å². The van der Waals surface area contributed by atoms with Crippen LogP contribution in [0.15, 0.2) is 24.3 Å². The Kier molecular flexibility index (Phi) is 5.62. The maximum atomic E-state index is 12.9. The number of hydrogen-bond donors (Lipinski definition) is 2. The van der Waals surface area contributed by atoms with Crippen molar-refractivity contribution in [1.29, 1.82) is 0 Å². The Morgan fingerprint density at radius 2 is 2.16 bits per heavy atom. The van der Waals surface area contributed by atoms with Crippen molar-refractivity contribution in [2.45, 2.75) is 18.6 Å². The first-order chi connectivity index (χ1) is 8.93. The highest BCUT2D eigenvalue weighted by Crippen LogP contribution is 2.10. The molecule has 0 spiro atoms. The molecule has 2 unspecified atom stereocenters. The molecule has 1 rings (SSSR count). The van der Waals surface area contributed by atoms with E-state index in [2.05, 4.69) is 5.32 Å². The van der Waals surface area contributed by atoms with Crippen LogP contribution in [0.5, 0.6) is 0 Å². The second kappa shape index (κ2) is 6.98. The van der Waals surface area contributed by atoms with Crippen LogP contribution in [0.4, 0.5) is 10.1 Å². The standard InChI is InChI=1S/C12H14FNO4S/c1-2-10(12(16)17)19(18)7-11(15)14-9-5-3-4-8(13)6-9/h3-6,10H,2,7H2,1H3,(H,14,15)(H,16,17). The Morgan fingerprint density at radius 1 is 1.47 bits per heavy atom. The minimum absolute atomic E-state index is 0.176. The van der Waals surface area contributed by atoms with Crippen LogP contribution in [0.1, 0.15) is 13.3 Å². The molecular formula is C12H14FNO4S. The number of rotatable bonds is 6. The highest BCUT2D eigenvalue weighted by atomic mass is 32.2. The number of nitrogens with one attached hydrogen (secondary N) is 1. The third-order valence-electron chi connectivity index (χ3n) is 2.35. The molecule has 1 aromatic rings. The second-order valence-corrected chi connectivity index (χ2v) is 5.44. The topological polar surface area (TPSA) is 83.5 Å². The molecule has 0 aromatic heterocycles. The Balaban J connectivity index is 2.60. The molecular weight excluding hydrogens is 273 g/mol. The number of carboxylic acid groups (broad SMARTS) is 1. The third-order valence-corrected chi connectivity index (χ3v) is 4.06. The van der Waals surface area contributed by atoms with E-state index in [1.54, 1.807) is 6.92 Å². The predicted octanol–water partition coefficient (Wildman–Crippen LogP) is 1.38. The van der Waals surface area contributed by atoms with Crippen molar-refractivity contribution >= 4 is 28.4 Å². The molecule has 19 heavy (non-hydrogen) atoms. The van der Waals surface area contributed by atoms with E-state index in [1.165, 1.54) is 18.2 Å². The number of anilines is 1. The molecule has 0 saturated carbocycles. The number of amides is 1. The van der Waals surface area contributed by atoms with E-state index in [0.717, 1.165) is 6.07 Å². The molecule has 1 amide bonds. The van der Waals surface area contributed by atoms with Crippen LogP contribution < -0.4 is 5.32 Å². The Hall–Kier alpha value is -1.76. The lowest BCUT2D eigenvalue weighted by atomic mass is 10.3. The maximum Gasteiger partial charge on any atom is 0.319 e. The SMILES string of the molecule is CCC(C(=O)O)S(=O)CC(=O)Nc1cccc(F)c1. The molecule has 0 aliphatic rings. The fourth-order valence-corrected chi connectivity index (χ4v) is 2.59. The summed E-state index contributed by atoms with van der Waals surface area (Å²) in [6.45, 7) is 1.58. The van der Waals surface area contributed by atoms with Crippen molar-refractivity contribution in [3.63, 3.8) is 0 Å². The summed E-state index contributed by atoms with van der Waals surface area (Å²) in [6.07, 6.45) is 0.176. The number of halogens is 1. The predicted molar refractivity (Wildman–Crippen MR) is 69.8 cm³/mol. The smallest absolute Gasteiger partial charge is 0.319 e. The highest BCUT2D eigenvalue weighted by molar-refractivity contribution is 7.87. The molecule has 2 atom stereocenters. The molecule has 5 nitrogen and oxygen atoms in total. The molecule has 0 bridgehead atoms. The quantitative estimate of drug-likeness (QED) is 0.828. The van der Waals surface area contributed by atoms with E-state index >= 15 is 0 Å². The summed E-state index contributed by atoms with van der Waals surface area (Å²) in [6, 6.07) is 5.26. The zero-order valence-electron chi connectivity index (χ0n) is 10.3. The van der Waals surface area contributed by atoms with Crippen molar-refractivity contribution in [1.82, 2.24) is 0 Å². The minimum Gasteiger partial charge on any atom is -0.480 e. The Morgan fingerprint density at radius 3 is 2.68 bits per heavy atom. The number of carbonyl (C=O) groups is 2. The van der Waals surface area contributed by atoms with Gasteiger partial charge in [-0.3, -0.25) is 13.8 Å². The monoisotopic (exact) mass is 287 g/mol. The number of carboxylic acids is 1. The van der Waals surface area contributed by atoms with Crippen LogP contribution in [0.2, 0.25) is 0 Å². The number of carbonyl (C=O) groups excluding carboxylic acids is 1. The lowest BCUT2D eigenvalue weighted by molar-refractivity contribution is -0.136. The van der Waals surface area contributed by atoms with Gasteiger partial charge in [-0.2, -0.15) is 0 Å². The van der Waals surface area contributed by atoms with Crippen molar-refractivity contribution < 1.29 is 23.3 Å². The summed E-state index contributed by atoms with van der Waals surface area (Å²) in [5, 5.41) is 10.1. The summed E-state index contributed by atoms with van der Waals surface area (Å²) in [4.78, 5) is 22.3. The average molecular weight is 287 g/mol. The van der Waals surface area contributed by atoms with Crippen molar-refractivity contribution in [3.05, 3.63) is 30.1 Å².